The molecule has 0 spiro atoms. The molecular formula is C17H13ClFN9O3. The number of anilines is 1. The molecule has 0 aliphatic heterocycles. The molecule has 14 heteroatoms. The van der Waals surface area contributed by atoms with E-state index < -0.39 is 22.6 Å². The van der Waals surface area contributed by atoms with E-state index in [1.54, 1.807) is 23.0 Å². The van der Waals surface area contributed by atoms with E-state index >= 15 is 0 Å². The molecular weight excluding hydrogens is 433 g/mol. The van der Waals surface area contributed by atoms with Gasteiger partial charge in [-0.05, 0) is 28.7 Å². The molecule has 4 aromatic rings. The van der Waals surface area contributed by atoms with E-state index in [4.69, 9.17) is 11.6 Å². The highest BCUT2D eigenvalue weighted by atomic mass is 35.5. The van der Waals surface area contributed by atoms with Gasteiger partial charge in [0.15, 0.2) is 18.2 Å². The Balaban J connectivity index is 1.38. The fraction of sp³-hybridized carbons (Fsp3) is 0.118. The summed E-state index contributed by atoms with van der Waals surface area (Å²) in [5.41, 5.74) is 0.793. The smallest absolute Gasteiger partial charge is 0.390 e. The Morgan fingerprint density at radius 1 is 1.13 bits per heavy atom. The first-order valence-corrected chi connectivity index (χ1v) is 9.11. The van der Waals surface area contributed by atoms with Crippen molar-refractivity contribution in [3.05, 3.63) is 81.3 Å². The lowest BCUT2D eigenvalue weighted by Crippen LogP contribution is -2.15. The maximum Gasteiger partial charge on any atom is 0.491 e. The molecule has 1 N–H and O–H groups in total. The molecule has 0 atom stereocenters. The monoisotopic (exact) mass is 445 g/mol. The normalized spacial score (nSPS) is 10.9. The fourth-order valence-corrected chi connectivity index (χ4v) is 2.89. The van der Waals surface area contributed by atoms with Crippen molar-refractivity contribution in [3.8, 4) is 0 Å². The van der Waals surface area contributed by atoms with E-state index in [2.05, 4.69) is 25.6 Å². The number of nitrogens with zero attached hydrogens (tertiary/aromatic N) is 8. The second-order valence-corrected chi connectivity index (χ2v) is 6.72. The Bertz CT molecular complexity index is 1270. The van der Waals surface area contributed by atoms with Gasteiger partial charge in [0.25, 0.3) is 5.91 Å². The lowest BCUT2D eigenvalue weighted by molar-refractivity contribution is -0.394. The summed E-state index contributed by atoms with van der Waals surface area (Å²) in [6, 6.07) is 7.17. The van der Waals surface area contributed by atoms with E-state index in [1.807, 2.05) is 0 Å². The van der Waals surface area contributed by atoms with E-state index in [1.165, 1.54) is 40.1 Å². The molecule has 0 radical (unpaired) electrons. The lowest BCUT2D eigenvalue weighted by atomic mass is 10.2. The van der Waals surface area contributed by atoms with Gasteiger partial charge >= 0.3 is 5.95 Å². The highest BCUT2D eigenvalue weighted by Gasteiger charge is 2.15. The van der Waals surface area contributed by atoms with Gasteiger partial charge in [-0.15, -0.1) is 0 Å². The molecule has 0 aliphatic carbocycles. The largest absolute Gasteiger partial charge is 0.491 e. The maximum absolute atomic E-state index is 13.2. The van der Waals surface area contributed by atoms with E-state index in [-0.39, 0.29) is 17.4 Å². The van der Waals surface area contributed by atoms with Crippen molar-refractivity contribution < 1.29 is 14.1 Å². The van der Waals surface area contributed by atoms with Gasteiger partial charge in [0.2, 0.25) is 6.33 Å². The molecule has 0 saturated carbocycles. The third-order valence-electron chi connectivity index (χ3n) is 4.08. The number of halogens is 2. The first kappa shape index (κ1) is 20.2. The molecule has 0 unspecified atom stereocenters. The maximum atomic E-state index is 13.2. The van der Waals surface area contributed by atoms with Crippen LogP contribution in [-0.2, 0) is 13.2 Å². The number of carbonyl (C=O) groups is 1. The van der Waals surface area contributed by atoms with Crippen molar-refractivity contribution in [2.24, 2.45) is 0 Å². The summed E-state index contributed by atoms with van der Waals surface area (Å²) >= 11 is 6.02. The fourth-order valence-electron chi connectivity index (χ4n) is 2.67. The van der Waals surface area contributed by atoms with Crippen molar-refractivity contribution in [3.63, 3.8) is 0 Å². The van der Waals surface area contributed by atoms with Crippen LogP contribution in [0.1, 0.15) is 16.1 Å². The number of nitrogens with one attached hydrogen (secondary N) is 1. The Hall–Kier alpha value is -4.13. The summed E-state index contributed by atoms with van der Waals surface area (Å²) in [5, 5.41) is 25.6. The van der Waals surface area contributed by atoms with Crippen molar-refractivity contribution in [2.45, 2.75) is 13.2 Å². The number of amides is 1. The molecule has 0 aliphatic rings. The molecule has 0 saturated heterocycles. The van der Waals surface area contributed by atoms with Crippen molar-refractivity contribution in [1.29, 1.82) is 0 Å². The summed E-state index contributed by atoms with van der Waals surface area (Å²) in [6.07, 6.45) is 4.36. The zero-order chi connectivity index (χ0) is 22.0. The van der Waals surface area contributed by atoms with Crippen molar-refractivity contribution >= 4 is 29.3 Å². The minimum Gasteiger partial charge on any atom is -0.390 e. The van der Waals surface area contributed by atoms with Gasteiger partial charge in [0.05, 0.1) is 6.54 Å². The van der Waals surface area contributed by atoms with Crippen LogP contribution in [0.3, 0.4) is 0 Å². The summed E-state index contributed by atoms with van der Waals surface area (Å²) < 4.78 is 17.3. The van der Waals surface area contributed by atoms with E-state index in [9.17, 15) is 19.3 Å². The first-order chi connectivity index (χ1) is 14.9. The van der Waals surface area contributed by atoms with Gasteiger partial charge in [-0.3, -0.25) is 9.48 Å². The number of benzene rings is 1. The molecule has 1 amide bonds. The number of rotatable bonds is 7. The molecule has 4 rings (SSSR count). The van der Waals surface area contributed by atoms with Crippen LogP contribution in [0.2, 0.25) is 5.02 Å². The second-order valence-electron chi connectivity index (χ2n) is 6.31. The minimum absolute atomic E-state index is 0.0428. The average molecular weight is 446 g/mol. The SMILES string of the molecule is O=C(Nc1ccn(Cc2ccc(F)cc2Cl)n1)c1ccn(Cn2cnc([N+](=O)[O-])n2)n1. The standard InChI is InChI=1S/C17H13ClFN9O3/c18-13-7-12(19)2-1-11(13)8-25-6-4-15(23-25)21-16(29)14-3-5-26(22-14)10-27-9-20-17(24-27)28(30)31/h1-7,9H,8,10H2,(H,21,23,29). The minimum atomic E-state index is -0.707. The third kappa shape index (κ3) is 4.72. The van der Waals surface area contributed by atoms with Gasteiger partial charge in [-0.1, -0.05) is 22.7 Å². The summed E-state index contributed by atoms with van der Waals surface area (Å²) in [6.45, 7) is 0.342. The Morgan fingerprint density at radius 2 is 1.94 bits per heavy atom. The van der Waals surface area contributed by atoms with Crippen LogP contribution < -0.4 is 5.32 Å². The predicted octanol–water partition coefficient (Wildman–Crippen LogP) is 2.18. The van der Waals surface area contributed by atoms with Crippen LogP contribution in [0.5, 0.6) is 0 Å². The molecule has 0 bridgehead atoms. The first-order valence-electron chi connectivity index (χ1n) is 8.73. The highest BCUT2D eigenvalue weighted by molar-refractivity contribution is 6.31. The van der Waals surface area contributed by atoms with Crippen LogP contribution in [0, 0.1) is 15.9 Å². The number of hydrogen-bond donors (Lipinski definition) is 1. The Labute approximate surface area is 178 Å². The van der Waals surface area contributed by atoms with Gasteiger partial charge in [-0.25, -0.2) is 9.07 Å². The van der Waals surface area contributed by atoms with Crippen molar-refractivity contribution in [2.75, 3.05) is 5.32 Å². The van der Waals surface area contributed by atoms with Gasteiger partial charge in [0.1, 0.15) is 5.82 Å². The molecule has 1 aromatic carbocycles. The lowest BCUT2D eigenvalue weighted by Gasteiger charge is -2.05. The Kier molecular flexibility index (Phi) is 5.41. The zero-order valence-corrected chi connectivity index (χ0v) is 16.3. The number of aromatic nitrogens is 7. The third-order valence-corrected chi connectivity index (χ3v) is 4.43. The van der Waals surface area contributed by atoms with Crippen LogP contribution >= 0.6 is 11.6 Å². The van der Waals surface area contributed by atoms with E-state index in [0.29, 0.717) is 17.9 Å². The van der Waals surface area contributed by atoms with Crippen molar-refractivity contribution in [1.82, 2.24) is 34.3 Å². The van der Waals surface area contributed by atoms with Crippen LogP contribution in [-0.4, -0.2) is 45.2 Å². The number of hydrogen-bond acceptors (Lipinski definition) is 7. The topological polar surface area (TPSA) is 139 Å². The predicted molar refractivity (Wildman–Crippen MR) is 105 cm³/mol. The number of nitro groups is 1. The zero-order valence-electron chi connectivity index (χ0n) is 15.6. The Morgan fingerprint density at radius 3 is 2.68 bits per heavy atom. The number of carbonyl (C=O) groups excluding carboxylic acids is 1. The highest BCUT2D eigenvalue weighted by Crippen LogP contribution is 2.18. The van der Waals surface area contributed by atoms with Crippen LogP contribution in [0.4, 0.5) is 16.2 Å². The molecule has 31 heavy (non-hydrogen) atoms. The molecule has 0 fully saturated rings. The quantitative estimate of drug-likeness (QED) is 0.339. The molecule has 158 valence electrons. The molecule has 3 aromatic heterocycles. The second kappa shape index (κ2) is 8.31. The average Bonchev–Trinajstić information content (AvgIpc) is 3.46. The summed E-state index contributed by atoms with van der Waals surface area (Å²) in [5.74, 6) is -1.15. The van der Waals surface area contributed by atoms with Gasteiger partial charge < -0.3 is 15.4 Å². The molecule has 12 nitrogen and oxygen atoms in total. The molecule has 3 heterocycles. The van der Waals surface area contributed by atoms with Crippen LogP contribution in [0.25, 0.3) is 0 Å². The van der Waals surface area contributed by atoms with E-state index in [0.717, 1.165) is 0 Å². The summed E-state index contributed by atoms with van der Waals surface area (Å²) in [7, 11) is 0. The van der Waals surface area contributed by atoms with Gasteiger partial charge in [-0.2, -0.15) is 14.9 Å². The summed E-state index contributed by atoms with van der Waals surface area (Å²) in [4.78, 5) is 25.9. The van der Waals surface area contributed by atoms with Gasteiger partial charge in [0, 0.05) is 28.6 Å². The van der Waals surface area contributed by atoms with Crippen LogP contribution in [0.15, 0.2) is 49.1 Å².